The second-order valence-electron chi connectivity index (χ2n) is 6.72. The van der Waals surface area contributed by atoms with Gasteiger partial charge < -0.3 is 10.2 Å². The minimum Gasteiger partial charge on any atom is -0.481 e. The van der Waals surface area contributed by atoms with Crippen LogP contribution in [0.3, 0.4) is 0 Å². The van der Waals surface area contributed by atoms with E-state index in [9.17, 15) is 24.6 Å². The highest BCUT2D eigenvalue weighted by atomic mass is 35.5. The van der Waals surface area contributed by atoms with Gasteiger partial charge in [-0.2, -0.15) is 0 Å². The molecule has 4 bridgehead atoms. The van der Waals surface area contributed by atoms with Crippen molar-refractivity contribution in [1.29, 1.82) is 0 Å². The van der Waals surface area contributed by atoms with E-state index in [-0.39, 0.29) is 10.1 Å². The zero-order valence-corrected chi connectivity index (χ0v) is 14.3. The SMILES string of the molecule is O=C(O)C1C(C(=O)O)[C@@H]2C[C@@H]1C1C2C2(Cl)C(=O)C1(Cl)C(Cl)=C2Cl. The molecule has 4 aliphatic rings. The molecule has 23 heavy (non-hydrogen) atoms. The first-order chi connectivity index (χ1) is 10.6. The molecule has 0 amide bonds. The Morgan fingerprint density at radius 3 is 1.57 bits per heavy atom. The molecule has 0 aromatic heterocycles. The third kappa shape index (κ3) is 1.44. The Bertz CT molecular complexity index is 664. The van der Waals surface area contributed by atoms with Crippen molar-refractivity contribution in [2.24, 2.45) is 35.5 Å². The predicted molar refractivity (Wildman–Crippen MR) is 81.7 cm³/mol. The summed E-state index contributed by atoms with van der Waals surface area (Å²) in [6.45, 7) is 0. The van der Waals surface area contributed by atoms with Crippen LogP contribution in [0.15, 0.2) is 10.1 Å². The van der Waals surface area contributed by atoms with Crippen molar-refractivity contribution >= 4 is 64.1 Å². The van der Waals surface area contributed by atoms with Gasteiger partial charge in [0.15, 0.2) is 5.78 Å². The zero-order valence-electron chi connectivity index (χ0n) is 11.3. The lowest BCUT2D eigenvalue weighted by Gasteiger charge is -2.42. The second kappa shape index (κ2) is 4.37. The van der Waals surface area contributed by atoms with Crippen LogP contribution in [-0.4, -0.2) is 37.7 Å². The highest BCUT2D eigenvalue weighted by molar-refractivity contribution is 6.62. The number of aliphatic carboxylic acids is 2. The lowest BCUT2D eigenvalue weighted by Crippen LogP contribution is -2.49. The van der Waals surface area contributed by atoms with Crippen molar-refractivity contribution in [2.45, 2.75) is 16.2 Å². The number of Topliss-reactive ketones (excluding diaryl/α,β-unsaturated/α-hetero) is 1. The van der Waals surface area contributed by atoms with E-state index in [0.29, 0.717) is 6.42 Å². The van der Waals surface area contributed by atoms with Crippen LogP contribution in [0.4, 0.5) is 0 Å². The molecule has 0 aliphatic heterocycles. The van der Waals surface area contributed by atoms with E-state index in [1.54, 1.807) is 0 Å². The van der Waals surface area contributed by atoms with Crippen LogP contribution in [0.1, 0.15) is 6.42 Å². The number of carbonyl (C=O) groups excluding carboxylic acids is 1. The zero-order chi connectivity index (χ0) is 17.1. The van der Waals surface area contributed by atoms with E-state index in [2.05, 4.69) is 0 Å². The summed E-state index contributed by atoms with van der Waals surface area (Å²) in [6.07, 6.45) is 0.341. The normalized spacial score (nSPS) is 53.1. The van der Waals surface area contributed by atoms with Crippen LogP contribution < -0.4 is 0 Å². The number of rotatable bonds is 2. The summed E-state index contributed by atoms with van der Waals surface area (Å²) in [6, 6.07) is 0. The van der Waals surface area contributed by atoms with Crippen molar-refractivity contribution in [3.63, 3.8) is 0 Å². The molecule has 4 aliphatic carbocycles. The molecule has 0 heterocycles. The van der Waals surface area contributed by atoms with Gasteiger partial charge in [-0.1, -0.05) is 23.2 Å². The Morgan fingerprint density at radius 2 is 1.26 bits per heavy atom. The Labute approximate surface area is 150 Å². The Kier molecular flexibility index (Phi) is 3.04. The van der Waals surface area contributed by atoms with Gasteiger partial charge in [0, 0.05) is 0 Å². The average molecular weight is 400 g/mol. The summed E-state index contributed by atoms with van der Waals surface area (Å²) < 4.78 is 0. The molecule has 6 unspecified atom stereocenters. The number of allylic oxidation sites excluding steroid dienone is 2. The first-order valence-corrected chi connectivity index (χ1v) is 8.55. The smallest absolute Gasteiger partial charge is 0.307 e. The lowest BCUT2D eigenvalue weighted by molar-refractivity contribution is -0.158. The van der Waals surface area contributed by atoms with Crippen LogP contribution in [0, 0.1) is 35.5 Å². The molecular formula is C14H10Cl4O5. The van der Waals surface area contributed by atoms with Gasteiger partial charge in [0.1, 0.15) is 9.75 Å². The number of ketones is 1. The Balaban J connectivity index is 1.92. The maximum Gasteiger partial charge on any atom is 0.307 e. The molecule has 5 nitrogen and oxygen atoms in total. The molecule has 0 radical (unpaired) electrons. The van der Waals surface area contributed by atoms with Crippen molar-refractivity contribution in [3.05, 3.63) is 10.1 Å². The summed E-state index contributed by atoms with van der Waals surface area (Å²) in [5.74, 6) is -7.51. The molecule has 0 aromatic carbocycles. The van der Waals surface area contributed by atoms with Gasteiger partial charge in [0.25, 0.3) is 0 Å². The van der Waals surface area contributed by atoms with Crippen LogP contribution in [0.25, 0.3) is 0 Å². The monoisotopic (exact) mass is 398 g/mol. The molecule has 0 aromatic rings. The molecule has 9 heteroatoms. The van der Waals surface area contributed by atoms with Gasteiger partial charge in [0.05, 0.1) is 21.9 Å². The topological polar surface area (TPSA) is 91.7 Å². The van der Waals surface area contributed by atoms with E-state index < -0.39 is 63.0 Å². The number of alkyl halides is 2. The summed E-state index contributed by atoms with van der Waals surface area (Å²) in [5, 5.41) is 18.9. The highest BCUT2D eigenvalue weighted by Gasteiger charge is 2.83. The summed E-state index contributed by atoms with van der Waals surface area (Å²) in [5.41, 5.74) is 0. The highest BCUT2D eigenvalue weighted by Crippen LogP contribution is 2.76. The number of halogens is 4. The lowest BCUT2D eigenvalue weighted by atomic mass is 9.64. The standard InChI is InChI=1S/C14H10Cl4O5/c15-8-9(16)14(18)7-3-1-2(6(7)13(8,17)12(14)23)4(10(19)20)5(3)11(21)22/h2-7H,1H2,(H,19,20)(H,21,22)/t2-,3-,4?,5?,6?,7?,13?,14?/m0/s1. The fraction of sp³-hybridized carbons (Fsp3) is 0.643. The Morgan fingerprint density at radius 1 is 0.913 bits per heavy atom. The van der Waals surface area contributed by atoms with Crippen molar-refractivity contribution in [2.75, 3.05) is 0 Å². The third-order valence-corrected chi connectivity index (χ3v) is 8.63. The third-order valence-electron chi connectivity index (χ3n) is 6.14. The summed E-state index contributed by atoms with van der Waals surface area (Å²) in [7, 11) is 0. The fourth-order valence-corrected chi connectivity index (χ4v) is 7.50. The van der Waals surface area contributed by atoms with Crippen molar-refractivity contribution < 1.29 is 24.6 Å². The van der Waals surface area contributed by atoms with Gasteiger partial charge in [0.2, 0.25) is 0 Å². The molecule has 8 atom stereocenters. The number of hydrogen-bond donors (Lipinski definition) is 2. The molecule has 124 valence electrons. The van der Waals surface area contributed by atoms with E-state index in [4.69, 9.17) is 46.4 Å². The minimum atomic E-state index is -1.64. The van der Waals surface area contributed by atoms with Crippen molar-refractivity contribution in [1.82, 2.24) is 0 Å². The van der Waals surface area contributed by atoms with Gasteiger partial charge in [-0.05, 0) is 30.1 Å². The van der Waals surface area contributed by atoms with Gasteiger partial charge in [-0.25, -0.2) is 0 Å². The first-order valence-electron chi connectivity index (χ1n) is 7.04. The van der Waals surface area contributed by atoms with Crippen LogP contribution >= 0.6 is 46.4 Å². The average Bonchev–Trinajstić information content (AvgIpc) is 3.12. The largest absolute Gasteiger partial charge is 0.481 e. The summed E-state index contributed by atoms with van der Waals surface area (Å²) in [4.78, 5) is 32.7. The van der Waals surface area contributed by atoms with E-state index >= 15 is 0 Å². The second-order valence-corrected chi connectivity index (χ2v) is 8.67. The van der Waals surface area contributed by atoms with Crippen LogP contribution in [-0.2, 0) is 14.4 Å². The maximum atomic E-state index is 12.7. The first kappa shape index (κ1) is 16.0. The quantitative estimate of drug-likeness (QED) is 0.549. The van der Waals surface area contributed by atoms with Gasteiger partial charge in [-0.15, -0.1) is 23.2 Å². The van der Waals surface area contributed by atoms with E-state index in [1.165, 1.54) is 0 Å². The van der Waals surface area contributed by atoms with Crippen molar-refractivity contribution in [3.8, 4) is 0 Å². The van der Waals surface area contributed by atoms with Crippen LogP contribution in [0.2, 0.25) is 0 Å². The minimum absolute atomic E-state index is 0.0503. The Hall–Kier alpha value is -0.490. The fourth-order valence-electron chi connectivity index (χ4n) is 5.55. The molecule has 4 rings (SSSR count). The number of carbonyl (C=O) groups is 3. The number of carboxylic acids is 2. The molecule has 0 saturated heterocycles. The van der Waals surface area contributed by atoms with Crippen LogP contribution in [0.5, 0.6) is 0 Å². The number of fused-ring (bicyclic) bond motifs is 9. The molecule has 2 N–H and O–H groups in total. The molecule has 3 fully saturated rings. The van der Waals surface area contributed by atoms with E-state index in [0.717, 1.165) is 0 Å². The van der Waals surface area contributed by atoms with E-state index in [1.807, 2.05) is 0 Å². The summed E-state index contributed by atoms with van der Waals surface area (Å²) >= 11 is 25.4. The molecule has 0 spiro atoms. The molecule has 3 saturated carbocycles. The molecular weight excluding hydrogens is 390 g/mol. The van der Waals surface area contributed by atoms with Gasteiger partial charge in [-0.3, -0.25) is 14.4 Å². The predicted octanol–water partition coefficient (Wildman–Crippen LogP) is 2.51. The number of carboxylic acid groups (broad SMARTS) is 2. The van der Waals surface area contributed by atoms with Gasteiger partial charge >= 0.3 is 11.9 Å². The maximum absolute atomic E-state index is 12.7. The number of hydrogen-bond acceptors (Lipinski definition) is 3.